The number of hydrogen-bond acceptors (Lipinski definition) is 10. The number of fused-ring (bicyclic) bond motifs is 1. The van der Waals surface area contributed by atoms with Crippen LogP contribution in [-0.2, 0) is 13.1 Å². The van der Waals surface area contributed by atoms with E-state index in [0.29, 0.717) is 23.2 Å². The number of hydrazine groups is 2. The fraction of sp³-hybridized carbons (Fsp3) is 0.273. The Morgan fingerprint density at radius 3 is 2.83 bits per heavy atom. The van der Waals surface area contributed by atoms with Gasteiger partial charge in [0.2, 0.25) is 0 Å². The number of pyridine rings is 1. The highest BCUT2D eigenvalue weighted by Crippen LogP contribution is 2.39. The number of hydrazone groups is 1. The lowest BCUT2D eigenvalue weighted by atomic mass is 10.1. The molecule has 0 amide bonds. The highest BCUT2D eigenvalue weighted by Gasteiger charge is 2.23. The van der Waals surface area contributed by atoms with Gasteiger partial charge in [0.1, 0.15) is 12.0 Å². The molecule has 1 aliphatic carbocycles. The summed E-state index contributed by atoms with van der Waals surface area (Å²) >= 11 is 1.10. The van der Waals surface area contributed by atoms with E-state index in [0.717, 1.165) is 28.3 Å². The number of hydrogen-bond donors (Lipinski definition) is 5. The normalized spacial score (nSPS) is 14.1. The number of halogens is 1. The first kappa shape index (κ1) is 24.6. The second kappa shape index (κ2) is 10.8. The summed E-state index contributed by atoms with van der Waals surface area (Å²) < 4.78 is 25.0. The van der Waals surface area contributed by atoms with Gasteiger partial charge in [-0.1, -0.05) is 6.07 Å². The molecule has 13 heteroatoms. The lowest BCUT2D eigenvalue weighted by molar-refractivity contribution is 0.381. The van der Waals surface area contributed by atoms with Crippen molar-refractivity contribution in [3.63, 3.8) is 0 Å². The van der Waals surface area contributed by atoms with Gasteiger partial charge >= 0.3 is 0 Å². The molecule has 35 heavy (non-hydrogen) atoms. The molecule has 0 radical (unpaired) electrons. The van der Waals surface area contributed by atoms with E-state index in [9.17, 15) is 4.39 Å². The lowest BCUT2D eigenvalue weighted by Crippen LogP contribution is -2.31. The molecular weight excluding hydrogens is 471 g/mol. The standard InChI is InChI=1S/C22H29FN10OS/c1-34-19-6-5-18(33(27)13-28-25)17(22(19)23)8-29-35-20(24)12-32(26)11-16-10-31-9-15(14-2-3-14)4-7-21(31)30-16/h4-7,9-10,12-14,29H,2-3,8,11,24-27H2,1H3/b20-12+,28-13-. The maximum atomic E-state index is 14.9. The maximum absolute atomic E-state index is 14.9. The van der Waals surface area contributed by atoms with Crippen molar-refractivity contribution in [2.75, 3.05) is 12.1 Å². The van der Waals surface area contributed by atoms with E-state index in [1.54, 1.807) is 12.3 Å². The highest BCUT2D eigenvalue weighted by atomic mass is 32.2. The second-order valence-electron chi connectivity index (χ2n) is 8.11. The Labute approximate surface area is 206 Å². The molecule has 186 valence electrons. The van der Waals surface area contributed by atoms with Crippen molar-refractivity contribution in [1.29, 1.82) is 0 Å². The van der Waals surface area contributed by atoms with Gasteiger partial charge in [-0.2, -0.15) is 5.10 Å². The molecule has 0 saturated heterocycles. The number of anilines is 1. The molecule has 1 aliphatic rings. The van der Waals surface area contributed by atoms with E-state index >= 15 is 0 Å². The fourth-order valence-electron chi connectivity index (χ4n) is 3.70. The van der Waals surface area contributed by atoms with E-state index in [1.165, 1.54) is 42.9 Å². The average molecular weight is 501 g/mol. The molecule has 11 nitrogen and oxygen atoms in total. The Kier molecular flexibility index (Phi) is 7.60. The minimum Gasteiger partial charge on any atom is -0.494 e. The molecular formula is C22H29FN10OS. The van der Waals surface area contributed by atoms with Gasteiger partial charge < -0.3 is 25.7 Å². The van der Waals surface area contributed by atoms with Crippen LogP contribution in [0.25, 0.3) is 5.65 Å². The Balaban J connectivity index is 1.37. The molecule has 2 heterocycles. The van der Waals surface area contributed by atoms with E-state index in [2.05, 4.69) is 27.1 Å². The first-order valence-electron chi connectivity index (χ1n) is 10.9. The molecule has 2 aromatic heterocycles. The van der Waals surface area contributed by atoms with Crippen LogP contribution >= 0.6 is 11.9 Å². The molecule has 0 unspecified atom stereocenters. The Bertz CT molecular complexity index is 1240. The quantitative estimate of drug-likeness (QED) is 0.0863. The zero-order chi connectivity index (χ0) is 24.9. The van der Waals surface area contributed by atoms with Crippen LogP contribution in [0.15, 0.2) is 53.0 Å². The highest BCUT2D eigenvalue weighted by molar-refractivity contribution is 8.01. The van der Waals surface area contributed by atoms with E-state index in [-0.39, 0.29) is 17.9 Å². The minimum absolute atomic E-state index is 0.0852. The molecule has 1 saturated carbocycles. The van der Waals surface area contributed by atoms with Gasteiger partial charge in [0.15, 0.2) is 11.6 Å². The van der Waals surface area contributed by atoms with Crippen LogP contribution in [0.5, 0.6) is 5.75 Å². The third kappa shape index (κ3) is 5.95. The predicted octanol–water partition coefficient (Wildman–Crippen LogP) is 1.81. The predicted molar refractivity (Wildman–Crippen MR) is 136 cm³/mol. The molecule has 0 atom stereocenters. The summed E-state index contributed by atoms with van der Waals surface area (Å²) in [6, 6.07) is 7.23. The number of nitrogens with two attached hydrogens (primary N) is 4. The first-order valence-corrected chi connectivity index (χ1v) is 11.7. The molecule has 1 aromatic carbocycles. The van der Waals surface area contributed by atoms with Gasteiger partial charge in [0.05, 0.1) is 30.1 Å². The Morgan fingerprint density at radius 2 is 2.11 bits per heavy atom. The third-order valence-electron chi connectivity index (χ3n) is 5.52. The van der Waals surface area contributed by atoms with Gasteiger partial charge in [-0.25, -0.2) is 21.1 Å². The summed E-state index contributed by atoms with van der Waals surface area (Å²) in [7, 11) is 1.39. The van der Waals surface area contributed by atoms with Crippen LogP contribution in [-0.4, -0.2) is 27.8 Å². The number of aromatic nitrogens is 2. The smallest absolute Gasteiger partial charge is 0.171 e. The van der Waals surface area contributed by atoms with Crippen molar-refractivity contribution in [3.05, 3.63) is 70.5 Å². The van der Waals surface area contributed by atoms with Gasteiger partial charge in [0, 0.05) is 30.7 Å². The second-order valence-corrected chi connectivity index (χ2v) is 9.08. The molecule has 1 fully saturated rings. The zero-order valence-electron chi connectivity index (χ0n) is 19.3. The van der Waals surface area contributed by atoms with Crippen molar-refractivity contribution >= 4 is 29.6 Å². The fourth-order valence-corrected chi connectivity index (χ4v) is 4.27. The first-order chi connectivity index (χ1) is 16.9. The van der Waals surface area contributed by atoms with Crippen molar-refractivity contribution in [3.8, 4) is 5.75 Å². The Morgan fingerprint density at radius 1 is 1.31 bits per heavy atom. The maximum Gasteiger partial charge on any atom is 0.171 e. The average Bonchev–Trinajstić information content (AvgIpc) is 3.60. The van der Waals surface area contributed by atoms with Crippen LogP contribution in [0.1, 0.15) is 35.6 Å². The number of nitrogens with one attached hydrogen (secondary N) is 1. The van der Waals surface area contributed by atoms with Crippen molar-refractivity contribution in [1.82, 2.24) is 19.1 Å². The van der Waals surface area contributed by atoms with Gasteiger partial charge in [-0.15, -0.1) is 0 Å². The summed E-state index contributed by atoms with van der Waals surface area (Å²) in [5.41, 5.74) is 9.73. The van der Waals surface area contributed by atoms with E-state index < -0.39 is 5.82 Å². The minimum atomic E-state index is -0.557. The molecule has 0 spiro atoms. The summed E-state index contributed by atoms with van der Waals surface area (Å²) in [6.45, 7) is 0.459. The SMILES string of the molecule is COc1ccc(N(N)/C=N\N)c(CNS/C(N)=C/N(N)Cc2cn3cc(C4CC4)ccc3n2)c1F. The number of nitrogens with zero attached hydrogens (tertiary/aromatic N) is 5. The van der Waals surface area contributed by atoms with Crippen LogP contribution in [0.2, 0.25) is 0 Å². The van der Waals surface area contributed by atoms with Crippen LogP contribution in [0.3, 0.4) is 0 Å². The van der Waals surface area contributed by atoms with Crippen molar-refractivity contribution < 1.29 is 9.13 Å². The van der Waals surface area contributed by atoms with E-state index in [4.69, 9.17) is 28.0 Å². The van der Waals surface area contributed by atoms with Gasteiger partial charge in [-0.3, -0.25) is 9.73 Å². The van der Waals surface area contributed by atoms with Crippen molar-refractivity contribution in [2.24, 2.45) is 28.4 Å². The number of benzene rings is 1. The monoisotopic (exact) mass is 500 g/mol. The summed E-state index contributed by atoms with van der Waals surface area (Å²) in [5.74, 6) is 17.4. The largest absolute Gasteiger partial charge is 0.494 e. The van der Waals surface area contributed by atoms with Crippen molar-refractivity contribution in [2.45, 2.75) is 31.8 Å². The van der Waals surface area contributed by atoms with E-state index in [1.807, 2.05) is 16.7 Å². The van der Waals surface area contributed by atoms with Crippen LogP contribution < -0.4 is 37.7 Å². The third-order valence-corrected chi connectivity index (χ3v) is 6.15. The number of imidazole rings is 1. The number of methoxy groups -OCH3 is 1. The molecule has 4 rings (SSSR count). The molecule has 0 bridgehead atoms. The topological polar surface area (TPSA) is 161 Å². The molecule has 9 N–H and O–H groups in total. The zero-order valence-corrected chi connectivity index (χ0v) is 20.1. The van der Waals surface area contributed by atoms with Crippen LogP contribution in [0.4, 0.5) is 10.1 Å². The number of rotatable bonds is 11. The summed E-state index contributed by atoms with van der Waals surface area (Å²) in [6.07, 6.45) is 9.34. The number of ether oxygens (including phenoxy) is 1. The molecule has 0 aliphatic heterocycles. The Hall–Kier alpha value is -3.52. The lowest BCUT2D eigenvalue weighted by Gasteiger charge is -2.19. The summed E-state index contributed by atoms with van der Waals surface area (Å²) in [4.78, 5) is 4.61. The van der Waals surface area contributed by atoms with Gasteiger partial charge in [-0.05, 0) is 54.5 Å². The molecule has 3 aromatic rings. The van der Waals surface area contributed by atoms with Crippen LogP contribution in [0, 0.1) is 5.82 Å². The van der Waals surface area contributed by atoms with Gasteiger partial charge in [0.25, 0.3) is 0 Å². The summed E-state index contributed by atoms with van der Waals surface area (Å²) in [5, 5.41) is 6.32.